The predicted molar refractivity (Wildman–Crippen MR) is 249 cm³/mol. The molecule has 0 aliphatic carbocycles. The SMILES string of the molecule is Cc1cccc(N(c2ccccc2)c2ccc3cc4c(cc3c2)oc2cc3oc5cc6cc(N(c7ccccc7)c7cccc(C)c7C)ccc6cc5c3c(C#N)c24)c1C. The number of para-hydroxylation sites is 2. The number of nitriles is 1. The third-order valence-electron chi connectivity index (χ3n) is 12.4. The molecule has 0 spiro atoms. The molecule has 0 saturated carbocycles. The van der Waals surface area contributed by atoms with Gasteiger partial charge in [0.2, 0.25) is 0 Å². The lowest BCUT2D eigenvalue weighted by Gasteiger charge is -2.28. The highest BCUT2D eigenvalue weighted by Crippen LogP contribution is 2.45. The van der Waals surface area contributed by atoms with E-state index in [1.807, 2.05) is 18.2 Å². The van der Waals surface area contributed by atoms with Crippen molar-refractivity contribution in [3.63, 3.8) is 0 Å². The first-order valence-electron chi connectivity index (χ1n) is 20.3. The molecule has 0 saturated heterocycles. The van der Waals surface area contributed by atoms with E-state index in [2.05, 4.69) is 189 Å². The average Bonchev–Trinajstić information content (AvgIpc) is 3.81. The van der Waals surface area contributed by atoms with Crippen LogP contribution in [0.4, 0.5) is 34.1 Å². The summed E-state index contributed by atoms with van der Waals surface area (Å²) in [5.74, 6) is 0. The molecule has 0 radical (unpaired) electrons. The van der Waals surface area contributed by atoms with Crippen LogP contribution in [0.25, 0.3) is 65.4 Å². The van der Waals surface area contributed by atoms with Crippen molar-refractivity contribution in [3.8, 4) is 6.07 Å². The zero-order valence-electron chi connectivity index (χ0n) is 33.7. The highest BCUT2D eigenvalue weighted by molar-refractivity contribution is 6.22. The number of rotatable bonds is 6. The standard InChI is InChI=1S/C55H39N3O2/c1-33-13-11-19-48(35(33)3)57(41-15-7-5-8-16-41)43-23-21-37-27-45-50(29-39(37)25-43)59-52-31-53-55(47(32-56)54(45)52)46-28-38-22-24-44(26-40(38)30-51(46)60-53)58(42-17-9-6-10-18-42)49-20-12-14-34(2)36(49)4/h5-31H,1-4H3. The van der Waals surface area contributed by atoms with Crippen molar-refractivity contribution >= 4 is 99.5 Å². The van der Waals surface area contributed by atoms with Crippen LogP contribution < -0.4 is 9.80 Å². The molecule has 0 aliphatic heterocycles. The first-order chi connectivity index (χ1) is 29.3. The number of anilines is 6. The van der Waals surface area contributed by atoms with Crippen LogP contribution in [-0.4, -0.2) is 0 Å². The first-order valence-corrected chi connectivity index (χ1v) is 20.3. The summed E-state index contributed by atoms with van der Waals surface area (Å²) < 4.78 is 13.2. The summed E-state index contributed by atoms with van der Waals surface area (Å²) in [6, 6.07) is 60.0. The van der Waals surface area contributed by atoms with Gasteiger partial charge in [0.25, 0.3) is 0 Å². The molecule has 11 rings (SSSR count). The van der Waals surface area contributed by atoms with Gasteiger partial charge in [-0.15, -0.1) is 0 Å². The van der Waals surface area contributed by atoms with Crippen molar-refractivity contribution in [2.24, 2.45) is 0 Å². The van der Waals surface area contributed by atoms with Crippen molar-refractivity contribution in [2.45, 2.75) is 27.7 Å². The van der Waals surface area contributed by atoms with Gasteiger partial charge in [0.05, 0.1) is 5.56 Å². The molecule has 0 unspecified atom stereocenters. The Kier molecular flexibility index (Phi) is 8.05. The van der Waals surface area contributed by atoms with Gasteiger partial charge in [0.1, 0.15) is 28.4 Å². The number of nitrogens with zero attached hydrogens (tertiary/aromatic N) is 3. The van der Waals surface area contributed by atoms with E-state index in [9.17, 15) is 5.26 Å². The average molecular weight is 774 g/mol. The minimum absolute atomic E-state index is 0.558. The van der Waals surface area contributed by atoms with Gasteiger partial charge >= 0.3 is 0 Å². The molecule has 5 nitrogen and oxygen atoms in total. The number of hydrogen-bond acceptors (Lipinski definition) is 5. The summed E-state index contributed by atoms with van der Waals surface area (Å²) in [7, 11) is 0. The van der Waals surface area contributed by atoms with Crippen LogP contribution in [0, 0.1) is 39.0 Å². The Labute approximate surface area is 347 Å². The van der Waals surface area contributed by atoms with Crippen molar-refractivity contribution in [1.82, 2.24) is 0 Å². The van der Waals surface area contributed by atoms with Crippen molar-refractivity contribution < 1.29 is 8.83 Å². The van der Waals surface area contributed by atoms with E-state index in [-0.39, 0.29) is 0 Å². The lowest BCUT2D eigenvalue weighted by Crippen LogP contribution is -2.11. The molecular formula is C55H39N3O2. The summed E-state index contributed by atoms with van der Waals surface area (Å²) in [6.07, 6.45) is 0. The highest BCUT2D eigenvalue weighted by atomic mass is 16.3. The first kappa shape index (κ1) is 35.4. The number of furan rings is 2. The fourth-order valence-corrected chi connectivity index (χ4v) is 9.01. The Morgan fingerprint density at radius 1 is 0.400 bits per heavy atom. The minimum Gasteiger partial charge on any atom is -0.456 e. The van der Waals surface area contributed by atoms with E-state index in [0.717, 1.165) is 88.4 Å². The third kappa shape index (κ3) is 5.53. The van der Waals surface area contributed by atoms with E-state index in [1.165, 1.54) is 22.3 Å². The van der Waals surface area contributed by atoms with Crippen molar-refractivity contribution in [3.05, 3.63) is 192 Å². The molecule has 2 heterocycles. The van der Waals surface area contributed by atoms with E-state index >= 15 is 0 Å². The Bertz CT molecular complexity index is 3330. The normalized spacial score (nSPS) is 11.7. The second-order valence-corrected chi connectivity index (χ2v) is 15.9. The van der Waals surface area contributed by atoms with Crippen LogP contribution in [0.1, 0.15) is 27.8 Å². The zero-order chi connectivity index (χ0) is 40.6. The smallest absolute Gasteiger partial charge is 0.140 e. The fourth-order valence-electron chi connectivity index (χ4n) is 9.01. The molecule has 0 N–H and O–H groups in total. The Morgan fingerprint density at radius 2 is 0.850 bits per heavy atom. The second-order valence-electron chi connectivity index (χ2n) is 15.9. The van der Waals surface area contributed by atoms with Gasteiger partial charge in [-0.05, 0) is 156 Å². The molecule has 60 heavy (non-hydrogen) atoms. The molecule has 0 atom stereocenters. The van der Waals surface area contributed by atoms with Crippen molar-refractivity contribution in [1.29, 1.82) is 5.26 Å². The largest absolute Gasteiger partial charge is 0.456 e. The van der Waals surface area contributed by atoms with Gasteiger partial charge < -0.3 is 18.6 Å². The van der Waals surface area contributed by atoms with Crippen LogP contribution >= 0.6 is 0 Å². The van der Waals surface area contributed by atoms with Crippen LogP contribution in [0.15, 0.2) is 173 Å². The highest BCUT2D eigenvalue weighted by Gasteiger charge is 2.23. The zero-order valence-corrected chi connectivity index (χ0v) is 33.7. The topological polar surface area (TPSA) is 56.6 Å². The molecule has 11 aromatic rings. The maximum atomic E-state index is 10.9. The maximum absolute atomic E-state index is 10.9. The Hall–Kier alpha value is -7.81. The van der Waals surface area contributed by atoms with Crippen LogP contribution in [0.5, 0.6) is 0 Å². The van der Waals surface area contributed by atoms with Gasteiger partial charge in [-0.25, -0.2) is 0 Å². The Morgan fingerprint density at radius 3 is 1.28 bits per heavy atom. The molecule has 2 aromatic heterocycles. The van der Waals surface area contributed by atoms with E-state index in [4.69, 9.17) is 8.83 Å². The molecule has 0 aliphatic rings. The van der Waals surface area contributed by atoms with E-state index in [1.54, 1.807) is 0 Å². The molecule has 0 amide bonds. The number of aryl methyl sites for hydroxylation is 2. The minimum atomic E-state index is 0.558. The van der Waals surface area contributed by atoms with E-state index in [0.29, 0.717) is 16.7 Å². The Balaban J connectivity index is 1.05. The van der Waals surface area contributed by atoms with Gasteiger partial charge in [-0.1, -0.05) is 72.8 Å². The summed E-state index contributed by atoms with van der Waals surface area (Å²) >= 11 is 0. The molecule has 0 bridgehead atoms. The lowest BCUT2D eigenvalue weighted by molar-refractivity contribution is 0.656. The van der Waals surface area contributed by atoms with Crippen LogP contribution in [-0.2, 0) is 0 Å². The summed E-state index contributed by atoms with van der Waals surface area (Å²) in [5.41, 5.74) is 14.8. The molecule has 5 heteroatoms. The van der Waals surface area contributed by atoms with E-state index < -0.39 is 0 Å². The number of benzene rings is 9. The summed E-state index contributed by atoms with van der Waals surface area (Å²) in [5, 5.41) is 18.5. The third-order valence-corrected chi connectivity index (χ3v) is 12.4. The molecule has 0 fully saturated rings. The van der Waals surface area contributed by atoms with Gasteiger partial charge in [0, 0.05) is 61.7 Å². The van der Waals surface area contributed by atoms with Crippen LogP contribution in [0.2, 0.25) is 0 Å². The fraction of sp³-hybridized carbons (Fsp3) is 0.0727. The van der Waals surface area contributed by atoms with Crippen molar-refractivity contribution in [2.75, 3.05) is 9.80 Å². The number of hydrogen-bond donors (Lipinski definition) is 0. The molecular weight excluding hydrogens is 735 g/mol. The lowest BCUT2D eigenvalue weighted by atomic mass is 9.98. The predicted octanol–water partition coefficient (Wildman–Crippen LogP) is 15.8. The molecule has 9 aromatic carbocycles. The van der Waals surface area contributed by atoms with Gasteiger partial charge in [-0.3, -0.25) is 0 Å². The van der Waals surface area contributed by atoms with Crippen LogP contribution in [0.3, 0.4) is 0 Å². The summed E-state index contributed by atoms with van der Waals surface area (Å²) in [4.78, 5) is 4.62. The number of fused-ring (bicyclic) bond motifs is 8. The second kappa shape index (κ2) is 13.7. The quantitative estimate of drug-likeness (QED) is 0.168. The van der Waals surface area contributed by atoms with Gasteiger partial charge in [0.15, 0.2) is 0 Å². The maximum Gasteiger partial charge on any atom is 0.140 e. The summed E-state index contributed by atoms with van der Waals surface area (Å²) in [6.45, 7) is 8.67. The van der Waals surface area contributed by atoms with Gasteiger partial charge in [-0.2, -0.15) is 5.26 Å². The monoisotopic (exact) mass is 773 g/mol. The molecule has 286 valence electrons.